The number of carbonyl (C=O) groups excluding carboxylic acids is 1. The largest absolute Gasteiger partial charge is 0.508 e. The van der Waals surface area contributed by atoms with Crippen LogP contribution in [0.4, 0.5) is 13.2 Å². The molecular weight excluding hydrogens is 549 g/mol. The first-order chi connectivity index (χ1) is 18.6. The quantitative estimate of drug-likeness (QED) is 0.264. The molecule has 200 valence electrons. The van der Waals surface area contributed by atoms with Crippen molar-refractivity contribution in [2.75, 3.05) is 13.6 Å². The van der Waals surface area contributed by atoms with E-state index < -0.39 is 11.7 Å². The molecule has 0 saturated carbocycles. The number of nitrogens with zero attached hydrogens (tertiary/aromatic N) is 4. The van der Waals surface area contributed by atoms with E-state index in [0.29, 0.717) is 22.1 Å². The van der Waals surface area contributed by atoms with Crippen LogP contribution in [0.3, 0.4) is 0 Å². The second-order valence-electron chi connectivity index (χ2n) is 9.07. The van der Waals surface area contributed by atoms with Crippen molar-refractivity contribution in [1.82, 2.24) is 14.7 Å². The number of hydrogen-bond acceptors (Lipinski definition) is 5. The third-order valence-electron chi connectivity index (χ3n) is 6.27. The molecule has 1 N–H and O–H groups in total. The number of hydrogen-bond donors (Lipinski definition) is 1. The van der Waals surface area contributed by atoms with Crippen molar-refractivity contribution in [1.29, 1.82) is 0 Å². The predicted molar refractivity (Wildman–Crippen MR) is 148 cm³/mol. The lowest BCUT2D eigenvalue weighted by atomic mass is 10.1. The summed E-state index contributed by atoms with van der Waals surface area (Å²) in [6, 6.07) is 16.1. The number of amides is 1. The van der Waals surface area contributed by atoms with Crippen molar-refractivity contribution in [2.45, 2.75) is 19.1 Å². The van der Waals surface area contributed by atoms with E-state index >= 15 is 0 Å². The molecule has 1 aromatic heterocycles. The van der Waals surface area contributed by atoms with E-state index in [-0.39, 0.29) is 28.8 Å². The third kappa shape index (κ3) is 6.12. The minimum Gasteiger partial charge on any atom is -0.508 e. The fourth-order valence-corrected chi connectivity index (χ4v) is 5.27. The molecule has 0 bridgehead atoms. The second-order valence-corrected chi connectivity index (χ2v) is 10.5. The normalized spacial score (nSPS) is 14.8. The van der Waals surface area contributed by atoms with Crippen LogP contribution in [0.15, 0.2) is 76.8 Å². The standard InChI is InChI=1S/C28H22ClF3N4O2S/c1-35(11-10-17-2-7-22(37)8-3-17)27-34-26(38)25(39-27)13-18-4-9-24-20(12-18)15-33-36(24)16-19-5-6-21(29)14-23(19)28(30,31)32/h2-9,12-15,37H,10-11,16H2,1H3/b25-13-. The van der Waals surface area contributed by atoms with Gasteiger partial charge in [0.15, 0.2) is 5.17 Å². The third-order valence-corrected chi connectivity index (χ3v) is 7.60. The van der Waals surface area contributed by atoms with Gasteiger partial charge in [0.25, 0.3) is 5.91 Å². The Bertz CT molecular complexity index is 1610. The van der Waals surface area contributed by atoms with Gasteiger partial charge in [0.05, 0.1) is 28.7 Å². The zero-order valence-electron chi connectivity index (χ0n) is 20.6. The van der Waals surface area contributed by atoms with E-state index in [4.69, 9.17) is 11.6 Å². The van der Waals surface area contributed by atoms with E-state index in [9.17, 15) is 23.1 Å². The van der Waals surface area contributed by atoms with Gasteiger partial charge in [-0.1, -0.05) is 35.9 Å². The SMILES string of the molecule is CN(CCc1ccc(O)cc1)C1=NC(=O)/C(=C/c2ccc3c(cnn3Cc3ccc(Cl)cc3C(F)(F)F)c2)S1. The van der Waals surface area contributed by atoms with Crippen LogP contribution in [0.1, 0.15) is 22.3 Å². The van der Waals surface area contributed by atoms with Crippen molar-refractivity contribution in [2.24, 2.45) is 4.99 Å². The average Bonchev–Trinajstić information content (AvgIpc) is 3.46. The summed E-state index contributed by atoms with van der Waals surface area (Å²) in [7, 11) is 1.87. The summed E-state index contributed by atoms with van der Waals surface area (Å²) in [5, 5.41) is 15.1. The molecule has 3 aromatic carbocycles. The van der Waals surface area contributed by atoms with Gasteiger partial charge >= 0.3 is 6.18 Å². The number of alkyl halides is 3. The van der Waals surface area contributed by atoms with Gasteiger partial charge in [0.2, 0.25) is 0 Å². The molecule has 0 radical (unpaired) electrons. The van der Waals surface area contributed by atoms with Gasteiger partial charge in [-0.2, -0.15) is 23.3 Å². The lowest BCUT2D eigenvalue weighted by Gasteiger charge is -2.17. The maximum Gasteiger partial charge on any atom is 0.416 e. The minimum absolute atomic E-state index is 0.0177. The first-order valence-corrected chi connectivity index (χ1v) is 13.1. The molecule has 1 aliphatic heterocycles. The summed E-state index contributed by atoms with van der Waals surface area (Å²) >= 11 is 7.08. The molecule has 1 amide bonds. The number of carbonyl (C=O) groups is 1. The summed E-state index contributed by atoms with van der Waals surface area (Å²) in [6.45, 7) is 0.573. The fraction of sp³-hybridized carbons (Fsp3) is 0.179. The number of phenolic OH excluding ortho intramolecular Hbond substituents is 1. The monoisotopic (exact) mass is 570 g/mol. The van der Waals surface area contributed by atoms with Gasteiger partial charge in [-0.3, -0.25) is 9.48 Å². The van der Waals surface area contributed by atoms with Crippen molar-refractivity contribution < 1.29 is 23.1 Å². The highest BCUT2D eigenvalue weighted by Gasteiger charge is 2.33. The molecule has 6 nitrogen and oxygen atoms in total. The topological polar surface area (TPSA) is 70.7 Å². The number of rotatable bonds is 6. The van der Waals surface area contributed by atoms with Crippen molar-refractivity contribution in [3.8, 4) is 5.75 Å². The number of phenols is 1. The molecule has 4 aromatic rings. The Morgan fingerprint density at radius 2 is 1.87 bits per heavy atom. The Labute approximate surface area is 231 Å². The van der Waals surface area contributed by atoms with E-state index in [1.807, 2.05) is 30.1 Å². The zero-order valence-corrected chi connectivity index (χ0v) is 22.2. The highest BCUT2D eigenvalue weighted by Crippen LogP contribution is 2.35. The summed E-state index contributed by atoms with van der Waals surface area (Å²) in [6.07, 6.45) is -0.475. The fourth-order valence-electron chi connectivity index (χ4n) is 4.20. The number of benzene rings is 3. The molecule has 0 fully saturated rings. The van der Waals surface area contributed by atoms with E-state index in [1.165, 1.54) is 28.6 Å². The molecule has 39 heavy (non-hydrogen) atoms. The predicted octanol–water partition coefficient (Wildman–Crippen LogP) is 6.61. The molecule has 1 aliphatic rings. The molecule has 2 heterocycles. The summed E-state index contributed by atoms with van der Waals surface area (Å²) in [4.78, 5) is 19.1. The molecule has 0 atom stereocenters. The maximum absolute atomic E-state index is 13.5. The van der Waals surface area contributed by atoms with Crippen LogP contribution < -0.4 is 0 Å². The van der Waals surface area contributed by atoms with E-state index in [1.54, 1.807) is 36.5 Å². The van der Waals surface area contributed by atoms with Crippen LogP contribution in [0, 0.1) is 0 Å². The number of halogens is 4. The van der Waals surface area contributed by atoms with Gasteiger partial charge in [-0.05, 0) is 77.3 Å². The molecule has 11 heteroatoms. The van der Waals surface area contributed by atoms with Crippen LogP contribution in [0.5, 0.6) is 5.75 Å². The van der Waals surface area contributed by atoms with E-state index in [0.717, 1.165) is 29.0 Å². The summed E-state index contributed by atoms with van der Waals surface area (Å²) in [5.74, 6) is -0.115. The van der Waals surface area contributed by atoms with Crippen molar-refractivity contribution in [3.05, 3.63) is 99.0 Å². The smallest absolute Gasteiger partial charge is 0.416 e. The Hall–Kier alpha value is -3.76. The van der Waals surface area contributed by atoms with Crippen LogP contribution in [-0.4, -0.2) is 44.5 Å². The summed E-state index contributed by atoms with van der Waals surface area (Å²) < 4.78 is 42.1. The number of fused-ring (bicyclic) bond motifs is 1. The Morgan fingerprint density at radius 1 is 1.10 bits per heavy atom. The number of likely N-dealkylation sites (N-methyl/N-ethyl adjacent to an activating group) is 1. The minimum atomic E-state index is -4.53. The van der Waals surface area contributed by atoms with Crippen LogP contribution in [0.2, 0.25) is 5.02 Å². The van der Waals surface area contributed by atoms with Gasteiger partial charge in [-0.15, -0.1) is 0 Å². The zero-order chi connectivity index (χ0) is 27.7. The van der Waals surface area contributed by atoms with E-state index in [2.05, 4.69) is 10.1 Å². The molecule has 0 unspecified atom stereocenters. The number of thioether (sulfide) groups is 1. The second kappa shape index (κ2) is 10.8. The average molecular weight is 571 g/mol. The molecule has 0 saturated heterocycles. The number of amidine groups is 1. The van der Waals surface area contributed by atoms with Gasteiger partial charge in [-0.25, -0.2) is 0 Å². The first-order valence-electron chi connectivity index (χ1n) is 11.9. The van der Waals surface area contributed by atoms with Gasteiger partial charge in [0.1, 0.15) is 5.75 Å². The molecule has 5 rings (SSSR count). The number of aromatic hydroxyl groups is 1. The van der Waals surface area contributed by atoms with Crippen LogP contribution in [-0.2, 0) is 23.9 Å². The first kappa shape index (κ1) is 26.8. The Balaban J connectivity index is 1.29. The van der Waals surface area contributed by atoms with Gasteiger partial charge in [0, 0.05) is 24.0 Å². The number of aliphatic imine (C=N–C) groups is 1. The molecular formula is C28H22ClF3N4O2S. The van der Waals surface area contributed by atoms with Crippen molar-refractivity contribution >= 4 is 51.4 Å². The lowest BCUT2D eigenvalue weighted by molar-refractivity contribution is -0.138. The summed E-state index contributed by atoms with van der Waals surface area (Å²) in [5.41, 5.74) is 1.75. The Morgan fingerprint density at radius 3 is 2.62 bits per heavy atom. The van der Waals surface area contributed by atoms with Crippen LogP contribution >= 0.6 is 23.4 Å². The van der Waals surface area contributed by atoms with Gasteiger partial charge < -0.3 is 10.0 Å². The number of aromatic nitrogens is 2. The molecule has 0 spiro atoms. The van der Waals surface area contributed by atoms with Crippen molar-refractivity contribution in [3.63, 3.8) is 0 Å². The molecule has 0 aliphatic carbocycles. The Kier molecular flexibility index (Phi) is 7.42. The van der Waals surface area contributed by atoms with Crippen LogP contribution in [0.25, 0.3) is 17.0 Å². The maximum atomic E-state index is 13.5. The highest BCUT2D eigenvalue weighted by atomic mass is 35.5. The highest BCUT2D eigenvalue weighted by molar-refractivity contribution is 8.18. The lowest BCUT2D eigenvalue weighted by Crippen LogP contribution is -2.25.